The Morgan fingerprint density at radius 2 is 1.89 bits per heavy atom. The van der Waals surface area contributed by atoms with Crippen molar-refractivity contribution < 1.29 is 4.79 Å². The first kappa shape index (κ1) is 18.4. The molecule has 1 amide bonds. The average molecular weight is 361 g/mol. The molecule has 138 valence electrons. The van der Waals surface area contributed by atoms with Crippen LogP contribution in [-0.4, -0.2) is 34.4 Å². The van der Waals surface area contributed by atoms with E-state index in [1.165, 1.54) is 0 Å². The first-order valence-electron chi connectivity index (χ1n) is 8.80. The van der Waals surface area contributed by atoms with E-state index in [2.05, 4.69) is 15.3 Å². The van der Waals surface area contributed by atoms with Gasteiger partial charge in [0.25, 0.3) is 5.91 Å². The second kappa shape index (κ2) is 7.86. The zero-order valence-corrected chi connectivity index (χ0v) is 15.7. The summed E-state index contributed by atoms with van der Waals surface area (Å²) in [7, 11) is 1.78. The second-order valence-electron chi connectivity index (χ2n) is 6.31. The van der Waals surface area contributed by atoms with Crippen LogP contribution in [0.15, 0.2) is 54.7 Å². The lowest BCUT2D eigenvalue weighted by molar-refractivity contribution is 0.0802. The molecule has 0 bridgehead atoms. The van der Waals surface area contributed by atoms with Crippen molar-refractivity contribution >= 4 is 23.2 Å². The molecule has 0 aliphatic carbocycles. The van der Waals surface area contributed by atoms with E-state index in [4.69, 9.17) is 5.73 Å². The minimum absolute atomic E-state index is 0.000520. The third kappa shape index (κ3) is 4.06. The van der Waals surface area contributed by atoms with E-state index in [1.807, 2.05) is 50.2 Å². The van der Waals surface area contributed by atoms with Crippen LogP contribution >= 0.6 is 0 Å². The number of carbonyl (C=O) groups excluding carboxylic acids is 1. The molecule has 0 atom stereocenters. The third-order valence-electron chi connectivity index (χ3n) is 4.52. The van der Waals surface area contributed by atoms with Crippen molar-refractivity contribution in [1.29, 1.82) is 0 Å². The summed E-state index contributed by atoms with van der Waals surface area (Å²) in [5.41, 5.74) is 11.0. The Morgan fingerprint density at radius 1 is 1.15 bits per heavy atom. The predicted octanol–water partition coefficient (Wildman–Crippen LogP) is 3.87. The van der Waals surface area contributed by atoms with Crippen LogP contribution in [0.5, 0.6) is 0 Å². The quantitative estimate of drug-likeness (QED) is 0.674. The first-order chi connectivity index (χ1) is 13.0. The summed E-state index contributed by atoms with van der Waals surface area (Å²) in [5.74, 6) is 0.485. The van der Waals surface area contributed by atoms with Gasteiger partial charge in [-0.05, 0) is 55.8 Å². The molecule has 6 nitrogen and oxygen atoms in total. The van der Waals surface area contributed by atoms with Crippen LogP contribution in [0, 0.1) is 6.92 Å². The molecular formula is C21H23N5O. The minimum atomic E-state index is -0.000520. The number of nitrogens with two attached hydrogens (primary N) is 1. The number of carbonyl (C=O) groups is 1. The maximum absolute atomic E-state index is 12.2. The standard InChI is InChI=1S/C21H23N5O/c1-4-26(3)20(27)15-8-10-16(11-9-15)24-21-23-13-12-19(25-21)17-6-5-7-18(22)14(17)2/h5-13H,4,22H2,1-3H3,(H,23,24,25). The van der Waals surface area contributed by atoms with E-state index < -0.39 is 0 Å². The topological polar surface area (TPSA) is 84.1 Å². The molecule has 0 saturated carbocycles. The Hall–Kier alpha value is -3.41. The van der Waals surface area contributed by atoms with Gasteiger partial charge in [-0.25, -0.2) is 9.97 Å². The zero-order valence-electron chi connectivity index (χ0n) is 15.7. The molecule has 0 saturated heterocycles. The molecular weight excluding hydrogens is 338 g/mol. The third-order valence-corrected chi connectivity index (χ3v) is 4.52. The normalized spacial score (nSPS) is 10.5. The van der Waals surface area contributed by atoms with Crippen LogP contribution in [0.2, 0.25) is 0 Å². The number of hydrogen-bond donors (Lipinski definition) is 2. The second-order valence-corrected chi connectivity index (χ2v) is 6.31. The van der Waals surface area contributed by atoms with Gasteiger partial charge < -0.3 is 16.0 Å². The van der Waals surface area contributed by atoms with Gasteiger partial charge in [0.15, 0.2) is 0 Å². The SMILES string of the molecule is CCN(C)C(=O)c1ccc(Nc2nccc(-c3cccc(N)c3C)n2)cc1. The van der Waals surface area contributed by atoms with Gasteiger partial charge in [-0.3, -0.25) is 4.79 Å². The van der Waals surface area contributed by atoms with Gasteiger partial charge in [-0.2, -0.15) is 0 Å². The molecule has 3 N–H and O–H groups in total. The summed E-state index contributed by atoms with van der Waals surface area (Å²) in [5, 5.41) is 3.18. The maximum Gasteiger partial charge on any atom is 0.253 e. The van der Waals surface area contributed by atoms with Crippen molar-refractivity contribution in [3.8, 4) is 11.3 Å². The molecule has 2 aromatic carbocycles. The van der Waals surface area contributed by atoms with Gasteiger partial charge in [-0.15, -0.1) is 0 Å². The van der Waals surface area contributed by atoms with Crippen LogP contribution in [0.3, 0.4) is 0 Å². The van der Waals surface area contributed by atoms with Crippen LogP contribution in [0.1, 0.15) is 22.8 Å². The highest BCUT2D eigenvalue weighted by Gasteiger charge is 2.10. The highest BCUT2D eigenvalue weighted by atomic mass is 16.2. The molecule has 0 radical (unpaired) electrons. The molecule has 0 unspecified atom stereocenters. The summed E-state index contributed by atoms with van der Waals surface area (Å²) in [6.07, 6.45) is 1.71. The Bertz CT molecular complexity index is 953. The molecule has 27 heavy (non-hydrogen) atoms. The highest BCUT2D eigenvalue weighted by molar-refractivity contribution is 5.94. The van der Waals surface area contributed by atoms with Crippen LogP contribution in [0.4, 0.5) is 17.3 Å². The fourth-order valence-electron chi connectivity index (χ4n) is 2.69. The summed E-state index contributed by atoms with van der Waals surface area (Å²) in [4.78, 5) is 22.7. The zero-order chi connectivity index (χ0) is 19.4. The van der Waals surface area contributed by atoms with E-state index in [9.17, 15) is 4.79 Å². The van der Waals surface area contributed by atoms with Crippen molar-refractivity contribution in [2.45, 2.75) is 13.8 Å². The van der Waals surface area contributed by atoms with Gasteiger partial charge in [-0.1, -0.05) is 12.1 Å². The van der Waals surface area contributed by atoms with Crippen molar-refractivity contribution in [2.24, 2.45) is 0 Å². The number of anilines is 3. The molecule has 1 heterocycles. The number of benzene rings is 2. The number of aromatic nitrogens is 2. The molecule has 6 heteroatoms. The molecule has 0 aliphatic heterocycles. The summed E-state index contributed by atoms with van der Waals surface area (Å²) in [6, 6.07) is 14.9. The lowest BCUT2D eigenvalue weighted by Gasteiger charge is -2.14. The number of nitrogen functional groups attached to an aromatic ring is 1. The molecule has 1 aromatic heterocycles. The summed E-state index contributed by atoms with van der Waals surface area (Å²) < 4.78 is 0. The Morgan fingerprint density at radius 3 is 2.59 bits per heavy atom. The number of amides is 1. The molecule has 0 spiro atoms. The van der Waals surface area contributed by atoms with Gasteiger partial charge in [0.2, 0.25) is 5.95 Å². The van der Waals surface area contributed by atoms with E-state index in [0.29, 0.717) is 18.1 Å². The Balaban J connectivity index is 1.81. The van der Waals surface area contributed by atoms with Crippen molar-refractivity contribution in [3.05, 3.63) is 65.9 Å². The van der Waals surface area contributed by atoms with Gasteiger partial charge in [0.05, 0.1) is 5.69 Å². The Kier molecular flexibility index (Phi) is 5.35. The average Bonchev–Trinajstić information content (AvgIpc) is 2.69. The number of rotatable bonds is 5. The Labute approximate surface area is 159 Å². The minimum Gasteiger partial charge on any atom is -0.398 e. The first-order valence-corrected chi connectivity index (χ1v) is 8.80. The van der Waals surface area contributed by atoms with E-state index in [0.717, 1.165) is 28.2 Å². The lowest BCUT2D eigenvalue weighted by Crippen LogP contribution is -2.26. The maximum atomic E-state index is 12.2. The highest BCUT2D eigenvalue weighted by Crippen LogP contribution is 2.26. The fourth-order valence-corrected chi connectivity index (χ4v) is 2.69. The monoisotopic (exact) mass is 361 g/mol. The van der Waals surface area contributed by atoms with Crippen molar-refractivity contribution in [3.63, 3.8) is 0 Å². The van der Waals surface area contributed by atoms with Crippen LogP contribution in [-0.2, 0) is 0 Å². The molecule has 0 fully saturated rings. The summed E-state index contributed by atoms with van der Waals surface area (Å²) >= 11 is 0. The molecule has 3 aromatic rings. The van der Waals surface area contributed by atoms with E-state index in [-0.39, 0.29) is 5.91 Å². The van der Waals surface area contributed by atoms with E-state index in [1.54, 1.807) is 30.3 Å². The van der Waals surface area contributed by atoms with Crippen LogP contribution in [0.25, 0.3) is 11.3 Å². The molecule has 3 rings (SSSR count). The molecule has 0 aliphatic rings. The summed E-state index contributed by atoms with van der Waals surface area (Å²) in [6.45, 7) is 4.59. The van der Waals surface area contributed by atoms with Gasteiger partial charge in [0, 0.05) is 42.3 Å². The van der Waals surface area contributed by atoms with Gasteiger partial charge >= 0.3 is 0 Å². The fraction of sp³-hybridized carbons (Fsp3) is 0.190. The van der Waals surface area contributed by atoms with Crippen molar-refractivity contribution in [2.75, 3.05) is 24.6 Å². The number of hydrogen-bond acceptors (Lipinski definition) is 5. The van der Waals surface area contributed by atoms with Crippen molar-refractivity contribution in [1.82, 2.24) is 14.9 Å². The van der Waals surface area contributed by atoms with Crippen LogP contribution < -0.4 is 11.1 Å². The van der Waals surface area contributed by atoms with Gasteiger partial charge in [0.1, 0.15) is 0 Å². The number of nitrogens with one attached hydrogen (secondary N) is 1. The smallest absolute Gasteiger partial charge is 0.253 e. The largest absolute Gasteiger partial charge is 0.398 e. The number of nitrogens with zero attached hydrogens (tertiary/aromatic N) is 3. The van der Waals surface area contributed by atoms with E-state index >= 15 is 0 Å². The predicted molar refractivity (Wildman–Crippen MR) is 109 cm³/mol. The lowest BCUT2D eigenvalue weighted by atomic mass is 10.0.